The fourth-order valence-electron chi connectivity index (χ4n) is 3.41. The lowest BCUT2D eigenvalue weighted by atomic mass is 9.93. The fourth-order valence-corrected chi connectivity index (χ4v) is 3.41. The number of benzene rings is 1. The van der Waals surface area contributed by atoms with Gasteiger partial charge in [-0.05, 0) is 36.8 Å². The first kappa shape index (κ1) is 10.8. The van der Waals surface area contributed by atoms with Gasteiger partial charge in [0.25, 0.3) is 0 Å². The van der Waals surface area contributed by atoms with Crippen molar-refractivity contribution in [1.82, 2.24) is 4.57 Å². The second kappa shape index (κ2) is 3.70. The van der Waals surface area contributed by atoms with E-state index in [9.17, 15) is 9.59 Å². The molecule has 1 aromatic heterocycles. The zero-order chi connectivity index (χ0) is 13.0. The van der Waals surface area contributed by atoms with Crippen molar-refractivity contribution in [2.45, 2.75) is 12.8 Å². The van der Waals surface area contributed by atoms with Gasteiger partial charge in [0.15, 0.2) is 5.58 Å². The van der Waals surface area contributed by atoms with Gasteiger partial charge in [0, 0.05) is 5.92 Å². The number of fused-ring (bicyclic) bond motifs is 3. The van der Waals surface area contributed by atoms with Gasteiger partial charge in [-0.1, -0.05) is 24.3 Å². The second-order valence-electron chi connectivity index (χ2n) is 5.40. The van der Waals surface area contributed by atoms with E-state index in [1.54, 1.807) is 18.2 Å². The van der Waals surface area contributed by atoms with Crippen LogP contribution in [0.1, 0.15) is 17.6 Å². The van der Waals surface area contributed by atoms with Crippen molar-refractivity contribution in [2.75, 3.05) is 0 Å². The van der Waals surface area contributed by atoms with E-state index in [1.165, 1.54) is 4.57 Å². The summed E-state index contributed by atoms with van der Waals surface area (Å²) in [5, 5.41) is 0. The van der Waals surface area contributed by atoms with E-state index >= 15 is 0 Å². The van der Waals surface area contributed by atoms with Crippen LogP contribution in [0.15, 0.2) is 45.6 Å². The summed E-state index contributed by atoms with van der Waals surface area (Å²) in [6.07, 6.45) is 6.20. The highest BCUT2D eigenvalue weighted by Gasteiger charge is 2.41. The third kappa shape index (κ3) is 1.46. The minimum Gasteiger partial charge on any atom is -0.407 e. The van der Waals surface area contributed by atoms with Crippen LogP contribution in [0.25, 0.3) is 11.1 Å². The molecule has 2 bridgehead atoms. The Morgan fingerprint density at radius 1 is 1.21 bits per heavy atom. The van der Waals surface area contributed by atoms with Crippen LogP contribution in [0.3, 0.4) is 0 Å². The third-order valence-electron chi connectivity index (χ3n) is 4.30. The normalized spacial score (nSPS) is 28.3. The summed E-state index contributed by atoms with van der Waals surface area (Å²) in [4.78, 5) is 24.5. The quantitative estimate of drug-likeness (QED) is 0.735. The molecule has 4 rings (SSSR count). The van der Waals surface area contributed by atoms with E-state index in [0.29, 0.717) is 17.0 Å². The van der Waals surface area contributed by atoms with E-state index in [-0.39, 0.29) is 17.7 Å². The van der Waals surface area contributed by atoms with Gasteiger partial charge in [-0.25, -0.2) is 9.36 Å². The summed E-state index contributed by atoms with van der Waals surface area (Å²) in [5.74, 6) is 0.0318. The van der Waals surface area contributed by atoms with Crippen LogP contribution in [-0.4, -0.2) is 10.5 Å². The fraction of sp³-hybridized carbons (Fsp3) is 0.333. The van der Waals surface area contributed by atoms with Crippen LogP contribution in [0, 0.1) is 17.8 Å². The van der Waals surface area contributed by atoms with Crippen LogP contribution < -0.4 is 5.76 Å². The molecule has 0 unspecified atom stereocenters. The summed E-state index contributed by atoms with van der Waals surface area (Å²) in [6.45, 7) is 0. The molecule has 3 atom stereocenters. The molecular weight excluding hydrogens is 242 g/mol. The van der Waals surface area contributed by atoms with Crippen LogP contribution in [-0.2, 0) is 0 Å². The Morgan fingerprint density at radius 2 is 2.05 bits per heavy atom. The van der Waals surface area contributed by atoms with Gasteiger partial charge in [-0.3, -0.25) is 4.79 Å². The topological polar surface area (TPSA) is 52.2 Å². The zero-order valence-corrected chi connectivity index (χ0v) is 10.3. The Hall–Kier alpha value is -2.10. The first-order valence-electron chi connectivity index (χ1n) is 6.57. The first-order valence-corrected chi connectivity index (χ1v) is 6.57. The molecule has 4 heteroatoms. The molecule has 1 fully saturated rings. The van der Waals surface area contributed by atoms with Crippen LogP contribution in [0.4, 0.5) is 0 Å². The number of aromatic nitrogens is 1. The number of allylic oxidation sites excluding steroid dienone is 2. The molecule has 0 amide bonds. The molecule has 2 aliphatic carbocycles. The third-order valence-corrected chi connectivity index (χ3v) is 4.30. The summed E-state index contributed by atoms with van der Waals surface area (Å²) in [6, 6.07) is 7.06. The van der Waals surface area contributed by atoms with Gasteiger partial charge in [0.1, 0.15) is 0 Å². The molecule has 0 radical (unpaired) electrons. The number of hydrogen-bond donors (Lipinski definition) is 0. The Balaban J connectivity index is 1.82. The summed E-state index contributed by atoms with van der Waals surface area (Å²) in [7, 11) is 0. The molecule has 2 aromatic rings. The van der Waals surface area contributed by atoms with E-state index in [1.807, 2.05) is 6.07 Å². The van der Waals surface area contributed by atoms with Crippen LogP contribution in [0.5, 0.6) is 0 Å². The zero-order valence-electron chi connectivity index (χ0n) is 10.3. The summed E-state index contributed by atoms with van der Waals surface area (Å²) < 4.78 is 6.33. The predicted octanol–water partition coefficient (Wildman–Crippen LogP) is 2.45. The molecule has 0 aliphatic heterocycles. The Kier molecular flexibility index (Phi) is 2.10. The van der Waals surface area contributed by atoms with Crippen molar-refractivity contribution in [2.24, 2.45) is 17.8 Å². The van der Waals surface area contributed by atoms with Crippen molar-refractivity contribution >= 4 is 17.0 Å². The molecule has 1 aromatic carbocycles. The molecule has 0 spiro atoms. The average Bonchev–Trinajstić information content (AvgIpc) is 3.10. The average molecular weight is 255 g/mol. The van der Waals surface area contributed by atoms with Crippen LogP contribution >= 0.6 is 0 Å². The highest BCUT2D eigenvalue weighted by molar-refractivity contribution is 5.91. The van der Waals surface area contributed by atoms with Crippen molar-refractivity contribution in [3.05, 3.63) is 47.0 Å². The highest BCUT2D eigenvalue weighted by Crippen LogP contribution is 2.44. The molecule has 2 aliphatic rings. The van der Waals surface area contributed by atoms with Crippen LogP contribution in [0.2, 0.25) is 0 Å². The molecular formula is C15H13NO3. The maximum Gasteiger partial charge on any atom is 0.426 e. The van der Waals surface area contributed by atoms with Gasteiger partial charge >= 0.3 is 5.76 Å². The van der Waals surface area contributed by atoms with Gasteiger partial charge in [-0.2, -0.15) is 0 Å². The smallest absolute Gasteiger partial charge is 0.407 e. The Bertz CT molecular complexity index is 752. The number of rotatable bonds is 1. The number of carbonyl (C=O) groups excluding carboxylic acids is 1. The standard InChI is InChI=1S/C15H13NO3/c17-14(11-8-9-5-6-10(11)7-9)16-12-3-1-2-4-13(12)19-15(16)18/h1-6,9-11H,7-8H2/t9-,10+,11-/m0/s1. The summed E-state index contributed by atoms with van der Waals surface area (Å²) in [5.41, 5.74) is 1.05. The molecule has 4 nitrogen and oxygen atoms in total. The number of nitrogens with zero attached hydrogens (tertiary/aromatic N) is 1. The Labute approximate surface area is 109 Å². The SMILES string of the molecule is O=C([C@H]1C[C@H]2C=C[C@@H]1C2)n1c(=O)oc2ccccc21. The van der Waals surface area contributed by atoms with Crippen molar-refractivity contribution in [1.29, 1.82) is 0 Å². The van der Waals surface area contributed by atoms with E-state index in [0.717, 1.165) is 12.8 Å². The van der Waals surface area contributed by atoms with E-state index in [4.69, 9.17) is 4.42 Å². The monoisotopic (exact) mass is 255 g/mol. The maximum atomic E-state index is 12.6. The predicted molar refractivity (Wildman–Crippen MR) is 69.9 cm³/mol. The maximum absolute atomic E-state index is 12.6. The molecule has 0 N–H and O–H groups in total. The number of carbonyl (C=O) groups is 1. The lowest BCUT2D eigenvalue weighted by molar-refractivity contribution is 0.0810. The lowest BCUT2D eigenvalue weighted by Gasteiger charge is -2.16. The van der Waals surface area contributed by atoms with E-state index < -0.39 is 5.76 Å². The van der Waals surface area contributed by atoms with Crippen molar-refractivity contribution in [3.8, 4) is 0 Å². The molecule has 19 heavy (non-hydrogen) atoms. The minimum absolute atomic E-state index is 0.0753. The highest BCUT2D eigenvalue weighted by atomic mass is 16.4. The van der Waals surface area contributed by atoms with Crippen molar-refractivity contribution < 1.29 is 9.21 Å². The van der Waals surface area contributed by atoms with Gasteiger partial charge in [0.05, 0.1) is 5.52 Å². The Morgan fingerprint density at radius 3 is 2.79 bits per heavy atom. The van der Waals surface area contributed by atoms with Gasteiger partial charge in [0.2, 0.25) is 5.91 Å². The largest absolute Gasteiger partial charge is 0.426 e. The number of para-hydroxylation sites is 2. The minimum atomic E-state index is -0.571. The second-order valence-corrected chi connectivity index (χ2v) is 5.40. The molecule has 1 saturated carbocycles. The number of oxazole rings is 1. The molecule has 96 valence electrons. The molecule has 0 saturated heterocycles. The molecule has 1 heterocycles. The van der Waals surface area contributed by atoms with Gasteiger partial charge < -0.3 is 4.42 Å². The number of hydrogen-bond acceptors (Lipinski definition) is 3. The van der Waals surface area contributed by atoms with Gasteiger partial charge in [-0.15, -0.1) is 0 Å². The lowest BCUT2D eigenvalue weighted by Crippen LogP contribution is -2.31. The van der Waals surface area contributed by atoms with E-state index in [2.05, 4.69) is 12.2 Å². The van der Waals surface area contributed by atoms with Crippen molar-refractivity contribution in [3.63, 3.8) is 0 Å². The summed E-state index contributed by atoms with van der Waals surface area (Å²) >= 11 is 0. The first-order chi connectivity index (χ1) is 9.24.